The van der Waals surface area contributed by atoms with Gasteiger partial charge in [0.05, 0.1) is 28.1 Å². The first-order valence-electron chi connectivity index (χ1n) is 9.57. The molecule has 0 aromatic heterocycles. The predicted octanol–water partition coefficient (Wildman–Crippen LogP) is 3.58. The molecule has 0 aliphatic carbocycles. The second-order valence-corrected chi connectivity index (χ2v) is 11.8. The summed E-state index contributed by atoms with van der Waals surface area (Å²) in [6.45, 7) is 6.42. The fraction of sp³-hybridized carbons (Fsp3) is 0.421. The Morgan fingerprint density at radius 3 is 2.34 bits per heavy atom. The van der Waals surface area contributed by atoms with Crippen LogP contribution in [0.15, 0.2) is 34.1 Å². The van der Waals surface area contributed by atoms with Crippen molar-refractivity contribution in [1.82, 2.24) is 0 Å². The van der Waals surface area contributed by atoms with Gasteiger partial charge in [0.25, 0.3) is 20.2 Å². The summed E-state index contributed by atoms with van der Waals surface area (Å²) < 4.78 is 70.9. The molecular formula is C19H24NO9S3+. The Hall–Kier alpha value is -1.58. The van der Waals surface area contributed by atoms with Crippen LogP contribution in [0.4, 0.5) is 5.69 Å². The summed E-state index contributed by atoms with van der Waals surface area (Å²) in [6, 6.07) is 6.25. The van der Waals surface area contributed by atoms with Crippen molar-refractivity contribution in [3.05, 3.63) is 29.8 Å². The molecule has 3 rings (SSSR count). The lowest BCUT2D eigenvalue weighted by Crippen LogP contribution is -2.27. The zero-order valence-corrected chi connectivity index (χ0v) is 20.1. The first-order valence-corrected chi connectivity index (χ1v) is 13.4. The van der Waals surface area contributed by atoms with E-state index in [-0.39, 0.29) is 17.1 Å². The third-order valence-corrected chi connectivity index (χ3v) is 8.04. The Bertz CT molecular complexity index is 1300. The molecule has 176 valence electrons. The molecule has 10 nitrogen and oxygen atoms in total. The largest absolute Gasteiger partial charge is 0.294 e. The summed E-state index contributed by atoms with van der Waals surface area (Å²) >= 11 is 0.598. The molecule has 0 unspecified atom stereocenters. The van der Waals surface area contributed by atoms with Crippen LogP contribution >= 0.6 is 12.0 Å². The minimum Gasteiger partial charge on any atom is -0.286 e. The van der Waals surface area contributed by atoms with Gasteiger partial charge in [-0.25, -0.2) is 5.26 Å². The molecule has 1 aliphatic heterocycles. The van der Waals surface area contributed by atoms with Crippen LogP contribution in [-0.4, -0.2) is 53.8 Å². The molecule has 0 spiro atoms. The lowest BCUT2D eigenvalue weighted by molar-refractivity contribution is -0.439. The van der Waals surface area contributed by atoms with Crippen molar-refractivity contribution >= 4 is 54.5 Å². The van der Waals surface area contributed by atoms with E-state index in [0.29, 0.717) is 40.7 Å². The fourth-order valence-corrected chi connectivity index (χ4v) is 5.78. The van der Waals surface area contributed by atoms with Gasteiger partial charge in [-0.3, -0.25) is 9.11 Å². The van der Waals surface area contributed by atoms with E-state index in [9.17, 15) is 21.4 Å². The molecule has 13 heteroatoms. The number of nitrogens with zero attached hydrogens (tertiary/aromatic N) is 1. The molecule has 0 saturated carbocycles. The Morgan fingerprint density at radius 2 is 1.75 bits per heavy atom. The van der Waals surface area contributed by atoms with Crippen molar-refractivity contribution in [1.29, 1.82) is 0 Å². The maximum Gasteiger partial charge on any atom is 0.294 e. The summed E-state index contributed by atoms with van der Waals surface area (Å²) in [5.41, 5.74) is 2.13. The highest BCUT2D eigenvalue weighted by molar-refractivity contribution is 7.94. The zero-order chi connectivity index (χ0) is 23.9. The minimum absolute atomic E-state index is 0.290. The molecule has 3 N–H and O–H groups in total. The van der Waals surface area contributed by atoms with E-state index in [4.69, 9.17) is 9.81 Å². The van der Waals surface area contributed by atoms with Crippen LogP contribution in [0.2, 0.25) is 0 Å². The first kappa shape index (κ1) is 25.1. The van der Waals surface area contributed by atoms with E-state index in [1.165, 1.54) is 12.1 Å². The van der Waals surface area contributed by atoms with Crippen LogP contribution in [0.5, 0.6) is 0 Å². The number of hydrogen-bond donors (Lipinski definition) is 3. The first-order chi connectivity index (χ1) is 14.8. The van der Waals surface area contributed by atoms with Gasteiger partial charge in [0.15, 0.2) is 5.71 Å². The van der Waals surface area contributed by atoms with E-state index >= 15 is 0 Å². The topological polar surface area (TPSA) is 150 Å². The summed E-state index contributed by atoms with van der Waals surface area (Å²) in [5, 5.41) is 13.4. The Kier molecular flexibility index (Phi) is 7.04. The molecule has 0 fully saturated rings. The average molecular weight is 507 g/mol. The molecule has 0 saturated heterocycles. The standard InChI is InChI=1S/C19H23NO9S3/c1-12-19(2,3)18-15-10-13(32(25,26)27)11-17(30-29-28-21)14(15)6-7-16(18)20(12)8-4-5-9-31(22,23)24/h6-7,10-11H,4-5,8-9H2,1-3H3,(H2-,21,22,23,24,25,26,27)/p+1. The van der Waals surface area contributed by atoms with E-state index in [2.05, 4.69) is 9.37 Å². The van der Waals surface area contributed by atoms with Gasteiger partial charge in [-0.1, -0.05) is 5.04 Å². The van der Waals surface area contributed by atoms with Crippen LogP contribution in [-0.2, 0) is 35.0 Å². The summed E-state index contributed by atoms with van der Waals surface area (Å²) in [4.78, 5) is -0.0190. The molecule has 0 amide bonds. The maximum absolute atomic E-state index is 11.9. The van der Waals surface area contributed by atoms with Gasteiger partial charge in [0, 0.05) is 29.9 Å². The normalized spacial score (nSPS) is 16.1. The van der Waals surface area contributed by atoms with Gasteiger partial charge in [-0.2, -0.15) is 21.4 Å². The second-order valence-electron chi connectivity index (χ2n) is 8.03. The summed E-state index contributed by atoms with van der Waals surface area (Å²) in [6.07, 6.45) is 0.802. The lowest BCUT2D eigenvalue weighted by atomic mass is 9.80. The quantitative estimate of drug-likeness (QED) is 0.115. The van der Waals surface area contributed by atoms with Crippen LogP contribution < -0.4 is 0 Å². The molecule has 0 bridgehead atoms. The Labute approximate surface area is 190 Å². The van der Waals surface area contributed by atoms with E-state index in [1.807, 2.05) is 31.4 Å². The number of hydrogen-bond acceptors (Lipinski definition) is 8. The predicted molar refractivity (Wildman–Crippen MR) is 119 cm³/mol. The zero-order valence-electron chi connectivity index (χ0n) is 17.6. The van der Waals surface area contributed by atoms with Crippen LogP contribution in [0.25, 0.3) is 10.8 Å². The van der Waals surface area contributed by atoms with Crippen molar-refractivity contribution in [2.24, 2.45) is 0 Å². The van der Waals surface area contributed by atoms with Crippen LogP contribution in [0.1, 0.15) is 39.2 Å². The van der Waals surface area contributed by atoms with Crippen molar-refractivity contribution in [2.45, 2.75) is 48.8 Å². The molecular weight excluding hydrogens is 482 g/mol. The molecule has 1 heterocycles. The average Bonchev–Trinajstić information content (AvgIpc) is 2.88. The van der Waals surface area contributed by atoms with Gasteiger partial charge in [-0.05, 0) is 49.2 Å². The van der Waals surface area contributed by atoms with Gasteiger partial charge >= 0.3 is 0 Å². The van der Waals surface area contributed by atoms with E-state index in [0.717, 1.165) is 17.0 Å². The maximum atomic E-state index is 11.9. The van der Waals surface area contributed by atoms with Crippen molar-refractivity contribution in [3.63, 3.8) is 0 Å². The highest BCUT2D eigenvalue weighted by atomic mass is 32.2. The Balaban J connectivity index is 2.14. The van der Waals surface area contributed by atoms with Gasteiger partial charge in [0.2, 0.25) is 5.69 Å². The van der Waals surface area contributed by atoms with Gasteiger partial charge in [0.1, 0.15) is 6.54 Å². The third kappa shape index (κ3) is 4.99. The van der Waals surface area contributed by atoms with Crippen LogP contribution in [0, 0.1) is 0 Å². The second kappa shape index (κ2) is 8.99. The fourth-order valence-electron chi connectivity index (χ4n) is 4.06. The molecule has 0 atom stereocenters. The molecule has 0 radical (unpaired) electrons. The minimum atomic E-state index is -4.53. The Morgan fingerprint density at radius 1 is 1.06 bits per heavy atom. The highest BCUT2D eigenvalue weighted by Gasteiger charge is 2.44. The third-order valence-electron chi connectivity index (χ3n) is 5.76. The van der Waals surface area contributed by atoms with Gasteiger partial charge in [-0.15, -0.1) is 4.33 Å². The lowest BCUT2D eigenvalue weighted by Gasteiger charge is -2.18. The SMILES string of the molecule is CC1=[N+](CCCCS(=O)(=O)O)c2ccc3c(SOOO)cc(S(=O)(=O)O)cc3c2C1(C)C. The van der Waals surface area contributed by atoms with E-state index < -0.39 is 25.7 Å². The van der Waals surface area contributed by atoms with Crippen molar-refractivity contribution in [3.8, 4) is 0 Å². The van der Waals surface area contributed by atoms with Crippen molar-refractivity contribution < 1.29 is 45.1 Å². The van der Waals surface area contributed by atoms with Crippen molar-refractivity contribution in [2.75, 3.05) is 12.3 Å². The molecule has 1 aliphatic rings. The number of benzene rings is 2. The summed E-state index contributed by atoms with van der Waals surface area (Å²) in [5.74, 6) is -0.320. The molecule has 2 aromatic rings. The number of fused-ring (bicyclic) bond motifs is 3. The number of unbranched alkanes of at least 4 members (excludes halogenated alkanes) is 1. The number of rotatable bonds is 9. The monoisotopic (exact) mass is 506 g/mol. The molecule has 32 heavy (non-hydrogen) atoms. The van der Waals surface area contributed by atoms with Crippen LogP contribution in [0.3, 0.4) is 0 Å². The van der Waals surface area contributed by atoms with Gasteiger partial charge < -0.3 is 0 Å². The van der Waals surface area contributed by atoms with E-state index in [1.54, 1.807) is 6.07 Å². The highest BCUT2D eigenvalue weighted by Crippen LogP contribution is 2.46. The summed E-state index contributed by atoms with van der Waals surface area (Å²) in [7, 11) is -8.55. The molecule has 2 aromatic carbocycles. The smallest absolute Gasteiger partial charge is 0.286 e.